The van der Waals surface area contributed by atoms with Crippen LogP contribution < -0.4 is 5.32 Å². The molecule has 4 aromatic rings. The smallest absolute Gasteiger partial charge is 0.252 e. The number of aromatic nitrogens is 4. The molecule has 4 heterocycles. The number of fused-ring (bicyclic) bond motifs is 2. The van der Waals surface area contributed by atoms with Gasteiger partial charge < -0.3 is 9.88 Å². The van der Waals surface area contributed by atoms with Crippen molar-refractivity contribution < 1.29 is 4.79 Å². The van der Waals surface area contributed by atoms with E-state index in [-0.39, 0.29) is 5.91 Å². The second kappa shape index (κ2) is 8.95. The Balaban J connectivity index is 1.17. The average molecular weight is 433 g/mol. The quantitative estimate of drug-likeness (QED) is 0.507. The number of carbonyl (C=O) groups excluding carboxylic acids is 1. The topological polar surface area (TPSA) is 75.9 Å². The van der Waals surface area contributed by atoms with Crippen molar-refractivity contribution in [1.82, 2.24) is 30.0 Å². The molecule has 0 fully saturated rings. The van der Waals surface area contributed by atoms with Gasteiger partial charge >= 0.3 is 0 Å². The zero-order valence-corrected chi connectivity index (χ0v) is 18.0. The number of nitrogens with one attached hydrogen (secondary N) is 1. The maximum atomic E-state index is 12.2. The first-order valence-corrected chi connectivity index (χ1v) is 11.4. The van der Waals surface area contributed by atoms with E-state index >= 15 is 0 Å². The molecule has 1 aromatic carbocycles. The van der Waals surface area contributed by atoms with E-state index in [2.05, 4.69) is 60.3 Å². The van der Waals surface area contributed by atoms with Gasteiger partial charge in [0.25, 0.3) is 5.91 Å². The van der Waals surface area contributed by atoms with Crippen LogP contribution in [-0.4, -0.2) is 50.2 Å². The van der Waals surface area contributed by atoms with Gasteiger partial charge in [0.1, 0.15) is 11.6 Å². The summed E-state index contributed by atoms with van der Waals surface area (Å²) >= 11 is 1.88. The van der Waals surface area contributed by atoms with Crippen molar-refractivity contribution in [1.29, 1.82) is 0 Å². The summed E-state index contributed by atoms with van der Waals surface area (Å²) in [6.07, 6.45) is 4.78. The van der Waals surface area contributed by atoms with Crippen LogP contribution in [0.3, 0.4) is 0 Å². The largest absolute Gasteiger partial charge is 0.352 e. The van der Waals surface area contributed by atoms with E-state index in [9.17, 15) is 4.79 Å². The molecule has 8 heteroatoms. The van der Waals surface area contributed by atoms with Gasteiger partial charge in [0.2, 0.25) is 0 Å². The maximum Gasteiger partial charge on any atom is 0.252 e. The average Bonchev–Trinajstić information content (AvgIpc) is 3.33. The molecule has 31 heavy (non-hydrogen) atoms. The van der Waals surface area contributed by atoms with Crippen molar-refractivity contribution in [2.75, 3.05) is 19.6 Å². The van der Waals surface area contributed by atoms with Gasteiger partial charge in [0.15, 0.2) is 0 Å². The minimum atomic E-state index is -0.113. The van der Waals surface area contributed by atoms with E-state index in [0.717, 1.165) is 44.2 Å². The van der Waals surface area contributed by atoms with Crippen molar-refractivity contribution in [3.8, 4) is 0 Å². The number of amides is 1. The van der Waals surface area contributed by atoms with E-state index in [1.807, 2.05) is 11.3 Å². The molecule has 1 aliphatic rings. The Morgan fingerprint density at radius 1 is 1.10 bits per heavy atom. The van der Waals surface area contributed by atoms with Crippen LogP contribution in [-0.2, 0) is 25.9 Å². The molecule has 1 N–H and O–H groups in total. The summed E-state index contributed by atoms with van der Waals surface area (Å²) in [5.74, 6) is 1.86. The maximum absolute atomic E-state index is 12.2. The monoisotopic (exact) mass is 432 g/mol. The number of hydrogen-bond acceptors (Lipinski definition) is 6. The summed E-state index contributed by atoms with van der Waals surface area (Å²) in [4.78, 5) is 20.1. The van der Waals surface area contributed by atoms with E-state index in [0.29, 0.717) is 18.5 Å². The van der Waals surface area contributed by atoms with Crippen LogP contribution >= 0.6 is 11.3 Å². The van der Waals surface area contributed by atoms with Crippen LogP contribution in [0.15, 0.2) is 54.9 Å². The highest BCUT2D eigenvalue weighted by atomic mass is 32.1. The fraction of sp³-hybridized carbons (Fsp3) is 0.304. The number of benzene rings is 1. The predicted octanol–water partition coefficient (Wildman–Crippen LogP) is 2.92. The second-order valence-corrected chi connectivity index (χ2v) is 8.88. The standard InChI is InChI=1S/C23H24N6OS/c30-23(18-5-3-9-24-15-18)25-10-7-21-26-27-22-8-11-28(12-13-29(21)22)16-19-14-17-4-1-2-6-20(17)31-19/h1-6,9,14-15H,7-8,10-13,16H2,(H,25,30). The first kappa shape index (κ1) is 19.8. The lowest BCUT2D eigenvalue weighted by Crippen LogP contribution is -2.28. The van der Waals surface area contributed by atoms with Crippen LogP contribution in [0.4, 0.5) is 0 Å². The molecular formula is C23H24N6OS. The molecule has 0 radical (unpaired) electrons. The summed E-state index contributed by atoms with van der Waals surface area (Å²) < 4.78 is 3.57. The summed E-state index contributed by atoms with van der Waals surface area (Å²) in [5, 5.41) is 13.1. The molecule has 1 aliphatic heterocycles. The van der Waals surface area contributed by atoms with Gasteiger partial charge in [0, 0.05) is 67.5 Å². The third kappa shape index (κ3) is 4.50. The predicted molar refractivity (Wildman–Crippen MR) is 121 cm³/mol. The second-order valence-electron chi connectivity index (χ2n) is 7.71. The lowest BCUT2D eigenvalue weighted by molar-refractivity contribution is 0.0953. The van der Waals surface area contributed by atoms with E-state index < -0.39 is 0 Å². The van der Waals surface area contributed by atoms with Crippen LogP contribution in [0, 0.1) is 0 Å². The molecule has 0 bridgehead atoms. The summed E-state index contributed by atoms with van der Waals surface area (Å²) in [6, 6.07) is 14.4. The number of rotatable bonds is 6. The molecule has 0 spiro atoms. The minimum Gasteiger partial charge on any atom is -0.352 e. The Hall–Kier alpha value is -3.10. The van der Waals surface area contributed by atoms with Crippen LogP contribution in [0.2, 0.25) is 0 Å². The SMILES string of the molecule is O=C(NCCc1nnc2n1CCN(Cc1cc3ccccc3s1)CC2)c1cccnc1. The van der Waals surface area contributed by atoms with E-state index in [4.69, 9.17) is 0 Å². The van der Waals surface area contributed by atoms with Crippen LogP contribution in [0.5, 0.6) is 0 Å². The van der Waals surface area contributed by atoms with Crippen molar-refractivity contribution in [3.63, 3.8) is 0 Å². The normalized spacial score (nSPS) is 14.3. The number of pyridine rings is 1. The van der Waals surface area contributed by atoms with Crippen molar-refractivity contribution >= 4 is 27.3 Å². The van der Waals surface area contributed by atoms with Crippen LogP contribution in [0.25, 0.3) is 10.1 Å². The molecule has 0 saturated heterocycles. The molecule has 5 rings (SSSR count). The van der Waals surface area contributed by atoms with Gasteiger partial charge in [-0.3, -0.25) is 14.7 Å². The third-order valence-electron chi connectivity index (χ3n) is 5.61. The molecule has 0 saturated carbocycles. The van der Waals surface area contributed by atoms with Crippen molar-refractivity contribution in [2.45, 2.75) is 25.9 Å². The highest BCUT2D eigenvalue weighted by Crippen LogP contribution is 2.26. The summed E-state index contributed by atoms with van der Waals surface area (Å²) in [6.45, 7) is 4.31. The number of hydrogen-bond donors (Lipinski definition) is 1. The zero-order valence-electron chi connectivity index (χ0n) is 17.2. The Morgan fingerprint density at radius 3 is 2.90 bits per heavy atom. The molecule has 1 amide bonds. The zero-order chi connectivity index (χ0) is 21.0. The number of thiophene rings is 1. The minimum absolute atomic E-state index is 0.113. The Kier molecular flexibility index (Phi) is 5.73. The molecule has 7 nitrogen and oxygen atoms in total. The van der Waals surface area contributed by atoms with Gasteiger partial charge in [-0.25, -0.2) is 0 Å². The molecule has 0 unspecified atom stereocenters. The molecule has 0 atom stereocenters. The highest BCUT2D eigenvalue weighted by Gasteiger charge is 2.19. The van der Waals surface area contributed by atoms with Gasteiger partial charge in [-0.05, 0) is 29.7 Å². The van der Waals surface area contributed by atoms with E-state index in [1.54, 1.807) is 24.5 Å². The van der Waals surface area contributed by atoms with Crippen molar-refractivity contribution in [3.05, 3.63) is 76.9 Å². The van der Waals surface area contributed by atoms with Gasteiger partial charge in [0.05, 0.1) is 5.56 Å². The third-order valence-corrected chi connectivity index (χ3v) is 6.71. The first-order valence-electron chi connectivity index (χ1n) is 10.6. The van der Waals surface area contributed by atoms with Gasteiger partial charge in [-0.2, -0.15) is 0 Å². The molecule has 3 aromatic heterocycles. The first-order chi connectivity index (χ1) is 15.3. The van der Waals surface area contributed by atoms with Crippen LogP contribution in [0.1, 0.15) is 26.9 Å². The Bertz CT molecular complexity index is 1150. The van der Waals surface area contributed by atoms with Gasteiger partial charge in [-0.15, -0.1) is 21.5 Å². The lowest BCUT2D eigenvalue weighted by Gasteiger charge is -2.18. The summed E-state index contributed by atoms with van der Waals surface area (Å²) in [7, 11) is 0. The number of nitrogens with zero attached hydrogens (tertiary/aromatic N) is 5. The van der Waals surface area contributed by atoms with Gasteiger partial charge in [-0.1, -0.05) is 18.2 Å². The molecule has 0 aliphatic carbocycles. The fourth-order valence-corrected chi connectivity index (χ4v) is 5.10. The Morgan fingerprint density at radius 2 is 2.03 bits per heavy atom. The fourth-order valence-electron chi connectivity index (χ4n) is 3.99. The lowest BCUT2D eigenvalue weighted by atomic mass is 10.2. The van der Waals surface area contributed by atoms with E-state index in [1.165, 1.54) is 15.0 Å². The van der Waals surface area contributed by atoms with Crippen molar-refractivity contribution in [2.24, 2.45) is 0 Å². The molecular weight excluding hydrogens is 408 g/mol. The molecule has 158 valence electrons. The summed E-state index contributed by atoms with van der Waals surface area (Å²) in [5.41, 5.74) is 0.569. The highest BCUT2D eigenvalue weighted by molar-refractivity contribution is 7.19. The Labute approximate surface area is 184 Å². The number of carbonyl (C=O) groups is 1.